The minimum absolute atomic E-state index is 0.186. The zero-order valence-electron chi connectivity index (χ0n) is 23.4. The Balaban J connectivity index is 2.39. The molecule has 0 aromatic carbocycles. The number of ether oxygens (including phenoxy) is 1. The second-order valence-electron chi connectivity index (χ2n) is 10.8. The maximum Gasteiger partial charge on any atom is 0.407 e. The molecule has 1 aromatic rings. The Morgan fingerprint density at radius 1 is 1.32 bits per heavy atom. The molecule has 0 bridgehead atoms. The van der Waals surface area contributed by atoms with Crippen molar-refractivity contribution in [3.8, 4) is 0 Å². The summed E-state index contributed by atoms with van der Waals surface area (Å²) in [5.74, 6) is 2.21. The van der Waals surface area contributed by atoms with E-state index in [9.17, 15) is 14.4 Å². The molecule has 0 aliphatic carbocycles. The number of amides is 3. The van der Waals surface area contributed by atoms with Gasteiger partial charge in [0.25, 0.3) is 5.91 Å². The number of thioether (sulfide) groups is 1. The van der Waals surface area contributed by atoms with E-state index in [1.807, 2.05) is 25.7 Å². The predicted molar refractivity (Wildman–Crippen MR) is 148 cm³/mol. The molecule has 0 radical (unpaired) electrons. The summed E-state index contributed by atoms with van der Waals surface area (Å²) in [5.41, 5.74) is 0.144. The second kappa shape index (κ2) is 14.4. The van der Waals surface area contributed by atoms with Gasteiger partial charge in [-0.25, -0.2) is 14.8 Å². The van der Waals surface area contributed by atoms with Crippen LogP contribution in [0.3, 0.4) is 0 Å². The summed E-state index contributed by atoms with van der Waals surface area (Å²) >= 11 is 1.77. The van der Waals surface area contributed by atoms with Gasteiger partial charge in [-0.15, -0.1) is 0 Å². The molecule has 0 spiro atoms. The van der Waals surface area contributed by atoms with Crippen LogP contribution < -0.4 is 10.6 Å². The molecule has 2 rings (SSSR count). The van der Waals surface area contributed by atoms with Crippen molar-refractivity contribution in [2.24, 2.45) is 5.92 Å². The maximum absolute atomic E-state index is 14.1. The smallest absolute Gasteiger partial charge is 0.407 e. The highest BCUT2D eigenvalue weighted by atomic mass is 32.2. The van der Waals surface area contributed by atoms with E-state index in [4.69, 9.17) is 9.72 Å². The van der Waals surface area contributed by atoms with Gasteiger partial charge in [0.05, 0.1) is 18.7 Å². The van der Waals surface area contributed by atoms with Crippen molar-refractivity contribution in [1.29, 1.82) is 0 Å². The summed E-state index contributed by atoms with van der Waals surface area (Å²) in [4.78, 5) is 50.6. The van der Waals surface area contributed by atoms with E-state index in [-0.39, 0.29) is 35.9 Å². The average Bonchev–Trinajstić information content (AvgIpc) is 2.83. The zero-order valence-corrected chi connectivity index (χ0v) is 24.2. The van der Waals surface area contributed by atoms with E-state index in [0.29, 0.717) is 49.8 Å². The molecule has 11 heteroatoms. The predicted octanol–water partition coefficient (Wildman–Crippen LogP) is 3.38. The molecule has 208 valence electrons. The molecule has 1 saturated heterocycles. The van der Waals surface area contributed by atoms with Gasteiger partial charge in [0.15, 0.2) is 0 Å². The molecule has 1 aromatic heterocycles. The third-order valence-corrected chi connectivity index (χ3v) is 6.67. The Hall–Kier alpha value is -2.56. The van der Waals surface area contributed by atoms with Crippen molar-refractivity contribution in [2.45, 2.75) is 71.9 Å². The van der Waals surface area contributed by atoms with Gasteiger partial charge in [0.1, 0.15) is 17.2 Å². The molecule has 1 aliphatic rings. The number of rotatable bonds is 12. The summed E-state index contributed by atoms with van der Waals surface area (Å²) in [6.07, 6.45) is 5.39. The van der Waals surface area contributed by atoms with Crippen molar-refractivity contribution < 1.29 is 19.1 Å². The van der Waals surface area contributed by atoms with Crippen LogP contribution in [0.1, 0.15) is 70.6 Å². The van der Waals surface area contributed by atoms with Gasteiger partial charge in [-0.2, -0.15) is 11.8 Å². The highest BCUT2D eigenvalue weighted by molar-refractivity contribution is 7.98. The first-order chi connectivity index (χ1) is 17.5. The second-order valence-corrected chi connectivity index (χ2v) is 11.8. The first kappa shape index (κ1) is 30.7. The number of aromatic nitrogens is 2. The third-order valence-electron chi connectivity index (χ3n) is 5.97. The Kier molecular flexibility index (Phi) is 11.9. The van der Waals surface area contributed by atoms with Crippen molar-refractivity contribution in [2.75, 3.05) is 50.1 Å². The molecule has 1 fully saturated rings. The van der Waals surface area contributed by atoms with Crippen LogP contribution in [0.15, 0.2) is 6.20 Å². The van der Waals surface area contributed by atoms with Gasteiger partial charge in [0.2, 0.25) is 6.41 Å². The molecule has 2 heterocycles. The Bertz CT molecular complexity index is 908. The van der Waals surface area contributed by atoms with Crippen molar-refractivity contribution in [1.82, 2.24) is 25.1 Å². The van der Waals surface area contributed by atoms with Gasteiger partial charge in [-0.3, -0.25) is 9.59 Å². The highest BCUT2D eigenvalue weighted by Crippen LogP contribution is 2.25. The fourth-order valence-electron chi connectivity index (χ4n) is 4.27. The number of alkyl carbamates (subject to hydrolysis) is 1. The molecule has 10 nitrogen and oxygen atoms in total. The lowest BCUT2D eigenvalue weighted by Gasteiger charge is -2.42. The van der Waals surface area contributed by atoms with Crippen LogP contribution in [0.2, 0.25) is 0 Å². The van der Waals surface area contributed by atoms with Gasteiger partial charge in [-0.05, 0) is 37.7 Å². The largest absolute Gasteiger partial charge is 0.450 e. The van der Waals surface area contributed by atoms with Crippen molar-refractivity contribution in [3.63, 3.8) is 0 Å². The summed E-state index contributed by atoms with van der Waals surface area (Å²) in [6, 6.07) is -0.610. The number of nitrogens with one attached hydrogen (secondary N) is 2. The number of hydrogen-bond donors (Lipinski definition) is 2. The minimum Gasteiger partial charge on any atom is -0.450 e. The van der Waals surface area contributed by atoms with E-state index in [2.05, 4.69) is 35.7 Å². The Labute approximate surface area is 225 Å². The fraction of sp³-hybridized carbons (Fsp3) is 0.731. The number of anilines is 1. The topological polar surface area (TPSA) is 117 Å². The number of likely N-dealkylation sites (tertiary alicyclic amines) is 1. The number of hydrogen-bond acceptors (Lipinski definition) is 8. The number of carbonyl (C=O) groups excluding carboxylic acids is 3. The van der Waals surface area contributed by atoms with Gasteiger partial charge in [0, 0.05) is 37.8 Å². The lowest BCUT2D eigenvalue weighted by atomic mass is 9.95. The highest BCUT2D eigenvalue weighted by Gasteiger charge is 2.35. The van der Waals surface area contributed by atoms with Gasteiger partial charge < -0.3 is 25.2 Å². The summed E-state index contributed by atoms with van der Waals surface area (Å²) in [5, 5.41) is 6.21. The molecule has 2 N–H and O–H groups in total. The monoisotopic (exact) mass is 536 g/mol. The first-order valence-corrected chi connectivity index (χ1v) is 14.4. The van der Waals surface area contributed by atoms with Gasteiger partial charge in [-0.1, -0.05) is 34.6 Å². The van der Waals surface area contributed by atoms with E-state index in [1.54, 1.807) is 29.8 Å². The summed E-state index contributed by atoms with van der Waals surface area (Å²) in [6.45, 7) is 14.2. The number of piperidine rings is 1. The van der Waals surface area contributed by atoms with E-state index in [0.717, 1.165) is 18.6 Å². The van der Waals surface area contributed by atoms with Crippen LogP contribution in [0.25, 0.3) is 0 Å². The number of carbonyl (C=O) groups is 3. The third kappa shape index (κ3) is 9.36. The molecular formula is C26H44N6O4S. The van der Waals surface area contributed by atoms with Crippen LogP contribution in [0, 0.1) is 5.92 Å². The van der Waals surface area contributed by atoms with Crippen LogP contribution in [0.5, 0.6) is 0 Å². The van der Waals surface area contributed by atoms with E-state index >= 15 is 0 Å². The lowest BCUT2D eigenvalue weighted by Crippen LogP contribution is -2.58. The SMILES string of the molecule is CCOC(=O)NC1CC(N(CC(C)C)C(=O)c2cnc(C(C)(C)C)nc2NCCCSC)CN(C=O)C1. The Morgan fingerprint density at radius 3 is 2.65 bits per heavy atom. The first-order valence-electron chi connectivity index (χ1n) is 13.0. The molecule has 1 aliphatic heterocycles. The molecule has 37 heavy (non-hydrogen) atoms. The molecule has 2 unspecified atom stereocenters. The molecular weight excluding hydrogens is 492 g/mol. The minimum atomic E-state index is -0.524. The number of nitrogens with zero attached hydrogens (tertiary/aromatic N) is 4. The molecule has 2 atom stereocenters. The average molecular weight is 537 g/mol. The molecule has 3 amide bonds. The van der Waals surface area contributed by atoms with Crippen molar-refractivity contribution in [3.05, 3.63) is 17.6 Å². The Morgan fingerprint density at radius 2 is 2.05 bits per heavy atom. The summed E-state index contributed by atoms with van der Waals surface area (Å²) < 4.78 is 5.04. The van der Waals surface area contributed by atoms with E-state index in [1.165, 1.54) is 0 Å². The van der Waals surface area contributed by atoms with E-state index < -0.39 is 6.09 Å². The van der Waals surface area contributed by atoms with Gasteiger partial charge >= 0.3 is 6.09 Å². The summed E-state index contributed by atoms with van der Waals surface area (Å²) in [7, 11) is 0. The van der Waals surface area contributed by atoms with Crippen LogP contribution in [-0.4, -0.2) is 95.1 Å². The van der Waals surface area contributed by atoms with Crippen LogP contribution >= 0.6 is 11.8 Å². The normalized spacial score (nSPS) is 17.9. The van der Waals surface area contributed by atoms with Crippen molar-refractivity contribution >= 4 is 36.0 Å². The quantitative estimate of drug-likeness (QED) is 0.308. The fourth-order valence-corrected chi connectivity index (χ4v) is 4.70. The standard InChI is InChI=1S/C26H44N6O4S/c1-8-36-25(35)29-19-12-20(16-31(15-19)17-33)32(14-18(2)3)23(34)21-13-28-24(26(4,5)6)30-22(21)27-10-9-11-37-7/h13,17-20H,8-12,14-16H2,1-7H3,(H,29,35)(H,27,28,30). The van der Waals surface area contributed by atoms with Crippen LogP contribution in [0.4, 0.5) is 10.6 Å². The molecule has 0 saturated carbocycles. The zero-order chi connectivity index (χ0) is 27.6. The lowest BCUT2D eigenvalue weighted by molar-refractivity contribution is -0.120. The van der Waals surface area contributed by atoms with Crippen LogP contribution in [-0.2, 0) is 14.9 Å². The maximum atomic E-state index is 14.1.